The average molecular weight is 391 g/mol. The Morgan fingerprint density at radius 1 is 1.28 bits per heavy atom. The van der Waals surface area contributed by atoms with Crippen molar-refractivity contribution in [3.63, 3.8) is 0 Å². The van der Waals surface area contributed by atoms with Crippen LogP contribution in [-0.2, 0) is 6.42 Å². The van der Waals surface area contributed by atoms with Crippen molar-refractivity contribution < 1.29 is 9.53 Å². The monoisotopic (exact) mass is 391 g/mol. The SMILES string of the molecule is CCc1[nH]nc(C(=O)N2CCC[C@H](c3cncc(Oc4ccccc4)n3)C2)c1C. The van der Waals surface area contributed by atoms with E-state index in [0.717, 1.165) is 48.5 Å². The van der Waals surface area contributed by atoms with Crippen LogP contribution in [0.4, 0.5) is 0 Å². The van der Waals surface area contributed by atoms with Gasteiger partial charge in [0, 0.05) is 36.5 Å². The third kappa shape index (κ3) is 4.13. The largest absolute Gasteiger partial charge is 0.437 e. The summed E-state index contributed by atoms with van der Waals surface area (Å²) in [4.78, 5) is 23.8. The second-order valence-corrected chi connectivity index (χ2v) is 7.32. The van der Waals surface area contributed by atoms with Crippen LogP contribution in [0.5, 0.6) is 11.6 Å². The molecule has 0 spiro atoms. The summed E-state index contributed by atoms with van der Waals surface area (Å²) in [6.07, 6.45) is 6.10. The van der Waals surface area contributed by atoms with Crippen LogP contribution in [0.15, 0.2) is 42.7 Å². The van der Waals surface area contributed by atoms with E-state index >= 15 is 0 Å². The Hall–Kier alpha value is -3.22. The molecule has 0 aliphatic carbocycles. The number of hydrogen-bond acceptors (Lipinski definition) is 5. The molecule has 1 saturated heterocycles. The maximum absolute atomic E-state index is 13.0. The van der Waals surface area contributed by atoms with E-state index in [4.69, 9.17) is 4.74 Å². The normalized spacial score (nSPS) is 16.6. The molecule has 3 aromatic rings. The zero-order valence-electron chi connectivity index (χ0n) is 16.8. The molecule has 0 radical (unpaired) electrons. The summed E-state index contributed by atoms with van der Waals surface area (Å²) in [7, 11) is 0. The molecule has 1 fully saturated rings. The standard InChI is InChI=1S/C22H25N5O2/c1-3-18-15(2)21(26-25-18)22(28)27-11-7-8-16(14-27)19-12-23-13-20(24-19)29-17-9-5-4-6-10-17/h4-6,9-10,12-13,16H,3,7-8,11,14H2,1-2H3,(H,25,26)/t16-/m0/s1. The summed E-state index contributed by atoms with van der Waals surface area (Å²) in [5.41, 5.74) is 3.33. The Morgan fingerprint density at radius 3 is 2.86 bits per heavy atom. The minimum absolute atomic E-state index is 0.0206. The fraction of sp³-hybridized carbons (Fsp3) is 0.364. The summed E-state index contributed by atoms with van der Waals surface area (Å²) in [5.74, 6) is 1.30. The molecule has 1 aromatic carbocycles. The van der Waals surface area contributed by atoms with Gasteiger partial charge in [-0.05, 0) is 38.3 Å². The molecule has 1 amide bonds. The number of H-pyrrole nitrogens is 1. The molecule has 4 rings (SSSR count). The number of aryl methyl sites for hydroxylation is 1. The molecular formula is C22H25N5O2. The lowest BCUT2D eigenvalue weighted by atomic mass is 9.94. The van der Waals surface area contributed by atoms with Gasteiger partial charge in [-0.25, -0.2) is 4.98 Å². The average Bonchev–Trinajstić information content (AvgIpc) is 3.14. The molecule has 7 heteroatoms. The van der Waals surface area contributed by atoms with E-state index in [0.29, 0.717) is 18.1 Å². The zero-order chi connectivity index (χ0) is 20.2. The molecule has 2 aromatic heterocycles. The van der Waals surface area contributed by atoms with Crippen LogP contribution < -0.4 is 4.74 Å². The Labute approximate surface area is 170 Å². The molecule has 0 unspecified atom stereocenters. The van der Waals surface area contributed by atoms with Crippen molar-refractivity contribution in [3.8, 4) is 11.6 Å². The highest BCUT2D eigenvalue weighted by molar-refractivity contribution is 5.94. The van der Waals surface area contributed by atoms with Gasteiger partial charge < -0.3 is 9.64 Å². The summed E-state index contributed by atoms with van der Waals surface area (Å²) in [6.45, 7) is 5.34. The van der Waals surface area contributed by atoms with Gasteiger partial charge >= 0.3 is 0 Å². The lowest BCUT2D eigenvalue weighted by Gasteiger charge is -2.32. The minimum Gasteiger partial charge on any atom is -0.437 e. The Balaban J connectivity index is 1.49. The number of nitrogens with zero attached hydrogens (tertiary/aromatic N) is 4. The van der Waals surface area contributed by atoms with E-state index in [9.17, 15) is 4.79 Å². The Kier molecular flexibility index (Phi) is 5.55. The maximum atomic E-state index is 13.0. The number of aromatic amines is 1. The highest BCUT2D eigenvalue weighted by atomic mass is 16.5. The smallest absolute Gasteiger partial charge is 0.274 e. The first-order valence-corrected chi connectivity index (χ1v) is 10.0. The Morgan fingerprint density at radius 2 is 2.10 bits per heavy atom. The molecule has 1 aliphatic heterocycles. The highest BCUT2D eigenvalue weighted by Gasteiger charge is 2.29. The topological polar surface area (TPSA) is 84.0 Å². The van der Waals surface area contributed by atoms with Crippen LogP contribution in [0.2, 0.25) is 0 Å². The molecule has 1 N–H and O–H groups in total. The van der Waals surface area contributed by atoms with Gasteiger partial charge in [-0.1, -0.05) is 25.1 Å². The molecule has 29 heavy (non-hydrogen) atoms. The molecule has 1 aliphatic rings. The van der Waals surface area contributed by atoms with Crippen molar-refractivity contribution in [3.05, 3.63) is 65.4 Å². The van der Waals surface area contributed by atoms with Crippen LogP contribution in [-0.4, -0.2) is 44.1 Å². The third-order valence-electron chi connectivity index (χ3n) is 5.39. The molecule has 150 valence electrons. The van der Waals surface area contributed by atoms with Crippen LogP contribution in [0.1, 0.15) is 53.1 Å². The number of likely N-dealkylation sites (tertiary alicyclic amines) is 1. The van der Waals surface area contributed by atoms with Gasteiger partial charge in [0.2, 0.25) is 5.88 Å². The number of benzene rings is 1. The first-order chi connectivity index (χ1) is 14.2. The summed E-state index contributed by atoms with van der Waals surface area (Å²) in [6, 6.07) is 9.53. The quantitative estimate of drug-likeness (QED) is 0.713. The van der Waals surface area contributed by atoms with Crippen molar-refractivity contribution in [1.29, 1.82) is 0 Å². The van der Waals surface area contributed by atoms with Gasteiger partial charge in [0.15, 0.2) is 5.69 Å². The van der Waals surface area contributed by atoms with Crippen molar-refractivity contribution in [2.45, 2.75) is 39.0 Å². The molecular weight excluding hydrogens is 366 g/mol. The summed E-state index contributed by atoms with van der Waals surface area (Å²) >= 11 is 0. The van der Waals surface area contributed by atoms with Crippen LogP contribution in [0.25, 0.3) is 0 Å². The van der Waals surface area contributed by atoms with E-state index in [1.807, 2.05) is 42.2 Å². The van der Waals surface area contributed by atoms with E-state index in [-0.39, 0.29) is 11.8 Å². The number of para-hydroxylation sites is 1. The predicted octanol–water partition coefficient (Wildman–Crippen LogP) is 3.88. The van der Waals surface area contributed by atoms with Gasteiger partial charge in [0.05, 0.1) is 11.9 Å². The molecule has 7 nitrogen and oxygen atoms in total. The number of piperidine rings is 1. The first-order valence-electron chi connectivity index (χ1n) is 10.0. The maximum Gasteiger partial charge on any atom is 0.274 e. The van der Waals surface area contributed by atoms with E-state index < -0.39 is 0 Å². The molecule has 0 saturated carbocycles. The van der Waals surface area contributed by atoms with Crippen molar-refractivity contribution >= 4 is 5.91 Å². The van der Waals surface area contributed by atoms with Crippen LogP contribution in [0, 0.1) is 6.92 Å². The lowest BCUT2D eigenvalue weighted by Crippen LogP contribution is -2.39. The second-order valence-electron chi connectivity index (χ2n) is 7.32. The summed E-state index contributed by atoms with van der Waals surface area (Å²) in [5, 5.41) is 7.24. The van der Waals surface area contributed by atoms with Crippen LogP contribution >= 0.6 is 0 Å². The van der Waals surface area contributed by atoms with Crippen molar-refractivity contribution in [1.82, 2.24) is 25.1 Å². The van der Waals surface area contributed by atoms with Gasteiger partial charge in [0.25, 0.3) is 5.91 Å². The first kappa shape index (κ1) is 19.1. The van der Waals surface area contributed by atoms with E-state index in [2.05, 4.69) is 27.1 Å². The number of carbonyl (C=O) groups excluding carboxylic acids is 1. The summed E-state index contributed by atoms with van der Waals surface area (Å²) < 4.78 is 5.82. The van der Waals surface area contributed by atoms with Crippen molar-refractivity contribution in [2.24, 2.45) is 0 Å². The number of aromatic nitrogens is 4. The second kappa shape index (κ2) is 8.43. The molecule has 0 bridgehead atoms. The Bertz CT molecular complexity index is 986. The lowest BCUT2D eigenvalue weighted by molar-refractivity contribution is 0.0699. The van der Waals surface area contributed by atoms with Crippen molar-refractivity contribution in [2.75, 3.05) is 13.1 Å². The predicted molar refractivity (Wildman–Crippen MR) is 109 cm³/mol. The number of carbonyl (C=O) groups is 1. The molecule has 1 atom stereocenters. The minimum atomic E-state index is -0.0206. The van der Waals surface area contributed by atoms with E-state index in [1.165, 1.54) is 0 Å². The number of rotatable bonds is 5. The van der Waals surface area contributed by atoms with Gasteiger partial charge in [0.1, 0.15) is 5.75 Å². The van der Waals surface area contributed by atoms with Gasteiger partial charge in [-0.2, -0.15) is 5.10 Å². The fourth-order valence-electron chi connectivity index (χ4n) is 3.76. The van der Waals surface area contributed by atoms with Gasteiger partial charge in [-0.15, -0.1) is 0 Å². The number of hydrogen-bond donors (Lipinski definition) is 1. The van der Waals surface area contributed by atoms with Crippen LogP contribution in [0.3, 0.4) is 0 Å². The number of amides is 1. The zero-order valence-corrected chi connectivity index (χ0v) is 16.8. The third-order valence-corrected chi connectivity index (χ3v) is 5.39. The number of nitrogens with one attached hydrogen (secondary N) is 1. The fourth-order valence-corrected chi connectivity index (χ4v) is 3.76. The highest BCUT2D eigenvalue weighted by Crippen LogP contribution is 2.28. The number of ether oxygens (including phenoxy) is 1. The molecule has 3 heterocycles. The van der Waals surface area contributed by atoms with E-state index in [1.54, 1.807) is 12.4 Å². The van der Waals surface area contributed by atoms with Gasteiger partial charge in [-0.3, -0.25) is 14.9 Å².